The number of fused-ring (bicyclic) bond motifs is 1. The van der Waals surface area contributed by atoms with Crippen LogP contribution in [0.4, 0.5) is 0 Å². The molecule has 1 aromatic carbocycles. The van der Waals surface area contributed by atoms with Gasteiger partial charge in [0.1, 0.15) is 0 Å². The van der Waals surface area contributed by atoms with E-state index >= 15 is 0 Å². The summed E-state index contributed by atoms with van der Waals surface area (Å²) in [7, 11) is 0. The SMILES string of the molecule is O=C(c1cccc2ncccc12)C1CC12CCNCC2. The molecule has 1 aliphatic heterocycles. The van der Waals surface area contributed by atoms with Crippen LogP contribution < -0.4 is 5.32 Å². The maximum Gasteiger partial charge on any atom is 0.167 e. The van der Waals surface area contributed by atoms with Gasteiger partial charge in [0.25, 0.3) is 0 Å². The largest absolute Gasteiger partial charge is 0.317 e. The Kier molecular flexibility index (Phi) is 2.64. The number of piperidine rings is 1. The highest BCUT2D eigenvalue weighted by molar-refractivity contribution is 6.09. The van der Waals surface area contributed by atoms with E-state index in [2.05, 4.69) is 10.3 Å². The molecule has 2 aromatic rings. The number of nitrogens with one attached hydrogen (secondary N) is 1. The molecule has 20 heavy (non-hydrogen) atoms. The number of pyridine rings is 1. The number of aromatic nitrogens is 1. The van der Waals surface area contributed by atoms with Gasteiger partial charge >= 0.3 is 0 Å². The molecule has 1 saturated carbocycles. The molecular formula is C17H18N2O. The smallest absolute Gasteiger partial charge is 0.167 e. The predicted molar refractivity (Wildman–Crippen MR) is 78.7 cm³/mol. The zero-order valence-corrected chi connectivity index (χ0v) is 11.4. The monoisotopic (exact) mass is 266 g/mol. The van der Waals surface area contributed by atoms with Crippen LogP contribution in [0.5, 0.6) is 0 Å². The van der Waals surface area contributed by atoms with Crippen molar-refractivity contribution in [1.82, 2.24) is 10.3 Å². The normalized spacial score (nSPS) is 23.9. The summed E-state index contributed by atoms with van der Waals surface area (Å²) < 4.78 is 0. The molecule has 1 atom stereocenters. The first-order chi connectivity index (χ1) is 9.80. The molecule has 0 bridgehead atoms. The first kappa shape index (κ1) is 12.0. The second-order valence-corrected chi connectivity index (χ2v) is 6.11. The molecule has 2 aliphatic rings. The number of Topliss-reactive ketones (excluding diaryl/α,β-unsaturated/α-hetero) is 1. The van der Waals surface area contributed by atoms with Crippen LogP contribution in [0.3, 0.4) is 0 Å². The minimum absolute atomic E-state index is 0.232. The van der Waals surface area contributed by atoms with Gasteiger partial charge in [0.15, 0.2) is 5.78 Å². The van der Waals surface area contributed by atoms with E-state index in [0.717, 1.165) is 48.8 Å². The quantitative estimate of drug-likeness (QED) is 0.850. The standard InChI is InChI=1S/C17H18N2O/c20-16(14-11-17(14)6-9-18-10-7-17)13-3-1-5-15-12(13)4-2-8-19-15/h1-5,8,14,18H,6-7,9-11H2. The van der Waals surface area contributed by atoms with E-state index < -0.39 is 0 Å². The van der Waals surface area contributed by atoms with Crippen molar-refractivity contribution in [3.05, 3.63) is 42.1 Å². The van der Waals surface area contributed by atoms with E-state index in [1.165, 1.54) is 0 Å². The molecule has 3 heteroatoms. The second kappa shape index (κ2) is 4.38. The van der Waals surface area contributed by atoms with E-state index in [1.807, 2.05) is 30.3 Å². The summed E-state index contributed by atoms with van der Waals surface area (Å²) in [4.78, 5) is 17.2. The molecular weight excluding hydrogens is 248 g/mol. The van der Waals surface area contributed by atoms with Crippen molar-refractivity contribution in [3.63, 3.8) is 0 Å². The van der Waals surface area contributed by atoms with Crippen molar-refractivity contribution in [2.24, 2.45) is 11.3 Å². The molecule has 1 N–H and O–H groups in total. The minimum Gasteiger partial charge on any atom is -0.317 e. The summed E-state index contributed by atoms with van der Waals surface area (Å²) in [5, 5.41) is 4.38. The van der Waals surface area contributed by atoms with Crippen LogP contribution in [-0.4, -0.2) is 23.9 Å². The third kappa shape index (κ3) is 1.77. The molecule has 4 rings (SSSR count). The van der Waals surface area contributed by atoms with Crippen molar-refractivity contribution in [3.8, 4) is 0 Å². The fourth-order valence-electron chi connectivity index (χ4n) is 3.70. The van der Waals surface area contributed by atoms with E-state index in [0.29, 0.717) is 11.2 Å². The van der Waals surface area contributed by atoms with Crippen molar-refractivity contribution in [1.29, 1.82) is 0 Å². The molecule has 102 valence electrons. The van der Waals surface area contributed by atoms with Gasteiger partial charge in [-0.25, -0.2) is 0 Å². The van der Waals surface area contributed by atoms with Gasteiger partial charge in [0.05, 0.1) is 5.52 Å². The first-order valence-corrected chi connectivity index (χ1v) is 7.39. The first-order valence-electron chi connectivity index (χ1n) is 7.39. The zero-order chi connectivity index (χ0) is 13.6. The summed E-state index contributed by atoms with van der Waals surface area (Å²) in [5.74, 6) is 0.556. The van der Waals surface area contributed by atoms with Crippen LogP contribution in [-0.2, 0) is 0 Å². The molecule has 1 spiro atoms. The highest BCUT2D eigenvalue weighted by Gasteiger charge is 2.57. The maximum absolute atomic E-state index is 12.8. The third-order valence-electron chi connectivity index (χ3n) is 5.02. The molecule has 1 aromatic heterocycles. The number of hydrogen-bond acceptors (Lipinski definition) is 3. The maximum atomic E-state index is 12.8. The molecule has 1 aliphatic carbocycles. The van der Waals surface area contributed by atoms with Gasteiger partial charge in [-0.1, -0.05) is 18.2 Å². The Hall–Kier alpha value is -1.74. The molecule has 3 nitrogen and oxygen atoms in total. The molecule has 2 fully saturated rings. The van der Waals surface area contributed by atoms with Crippen LogP contribution in [0, 0.1) is 11.3 Å². The van der Waals surface area contributed by atoms with Gasteiger partial charge in [0, 0.05) is 23.1 Å². The van der Waals surface area contributed by atoms with E-state index in [9.17, 15) is 4.79 Å². The number of ketones is 1. The van der Waals surface area contributed by atoms with Gasteiger partial charge in [-0.05, 0) is 49.9 Å². The number of rotatable bonds is 2. The third-order valence-corrected chi connectivity index (χ3v) is 5.02. The van der Waals surface area contributed by atoms with Gasteiger partial charge in [-0.3, -0.25) is 9.78 Å². The fraction of sp³-hybridized carbons (Fsp3) is 0.412. The molecule has 0 radical (unpaired) electrons. The summed E-state index contributed by atoms with van der Waals surface area (Å²) in [6.45, 7) is 2.11. The zero-order valence-electron chi connectivity index (χ0n) is 11.4. The lowest BCUT2D eigenvalue weighted by Crippen LogP contribution is -2.30. The van der Waals surface area contributed by atoms with E-state index in [1.54, 1.807) is 6.20 Å². The van der Waals surface area contributed by atoms with Crippen LogP contribution >= 0.6 is 0 Å². The Labute approximate surface area is 118 Å². The van der Waals surface area contributed by atoms with E-state index in [-0.39, 0.29) is 5.92 Å². The Morgan fingerprint density at radius 3 is 2.90 bits per heavy atom. The van der Waals surface area contributed by atoms with Gasteiger partial charge in [-0.2, -0.15) is 0 Å². The van der Waals surface area contributed by atoms with E-state index in [4.69, 9.17) is 0 Å². The van der Waals surface area contributed by atoms with Crippen LogP contribution in [0.25, 0.3) is 10.9 Å². The highest BCUT2D eigenvalue weighted by Crippen LogP contribution is 2.59. The predicted octanol–water partition coefficient (Wildman–Crippen LogP) is 2.81. The average molecular weight is 266 g/mol. The molecule has 1 saturated heterocycles. The number of carbonyl (C=O) groups is 1. The fourth-order valence-corrected chi connectivity index (χ4v) is 3.70. The van der Waals surface area contributed by atoms with Gasteiger partial charge in [0.2, 0.25) is 0 Å². The van der Waals surface area contributed by atoms with Gasteiger partial charge in [-0.15, -0.1) is 0 Å². The summed E-state index contributed by atoms with van der Waals surface area (Å²) in [6, 6.07) is 9.79. The van der Waals surface area contributed by atoms with Crippen LogP contribution in [0.15, 0.2) is 36.5 Å². The van der Waals surface area contributed by atoms with Crippen molar-refractivity contribution in [2.75, 3.05) is 13.1 Å². The Balaban J connectivity index is 1.68. The second-order valence-electron chi connectivity index (χ2n) is 6.11. The minimum atomic E-state index is 0.232. The van der Waals surface area contributed by atoms with Crippen LogP contribution in [0.2, 0.25) is 0 Å². The number of carbonyl (C=O) groups excluding carboxylic acids is 1. The molecule has 0 amide bonds. The van der Waals surface area contributed by atoms with Crippen molar-refractivity contribution in [2.45, 2.75) is 19.3 Å². The van der Waals surface area contributed by atoms with Crippen molar-refractivity contribution >= 4 is 16.7 Å². The lowest BCUT2D eigenvalue weighted by atomic mass is 9.89. The number of hydrogen-bond donors (Lipinski definition) is 1. The molecule has 1 unspecified atom stereocenters. The highest BCUT2D eigenvalue weighted by atomic mass is 16.1. The average Bonchev–Trinajstić information content (AvgIpc) is 3.20. The Bertz CT molecular complexity index is 668. The van der Waals surface area contributed by atoms with Gasteiger partial charge < -0.3 is 5.32 Å². The lowest BCUT2D eigenvalue weighted by Gasteiger charge is -2.23. The number of benzene rings is 1. The summed E-state index contributed by atoms with van der Waals surface area (Å²) in [6.07, 6.45) is 5.14. The molecule has 2 heterocycles. The summed E-state index contributed by atoms with van der Waals surface area (Å²) >= 11 is 0. The Morgan fingerprint density at radius 1 is 1.20 bits per heavy atom. The Morgan fingerprint density at radius 2 is 2.05 bits per heavy atom. The lowest BCUT2D eigenvalue weighted by molar-refractivity contribution is 0.0942. The summed E-state index contributed by atoms with van der Waals surface area (Å²) in [5.41, 5.74) is 2.07. The number of nitrogens with zero attached hydrogens (tertiary/aromatic N) is 1. The van der Waals surface area contributed by atoms with Crippen molar-refractivity contribution < 1.29 is 4.79 Å². The van der Waals surface area contributed by atoms with Crippen LogP contribution in [0.1, 0.15) is 29.6 Å². The topological polar surface area (TPSA) is 42.0 Å².